The lowest BCUT2D eigenvalue weighted by atomic mass is 10.3. The van der Waals surface area contributed by atoms with Gasteiger partial charge in [0.2, 0.25) is 0 Å². The van der Waals surface area contributed by atoms with Crippen LogP contribution in [0, 0.1) is 0 Å². The van der Waals surface area contributed by atoms with Crippen molar-refractivity contribution < 1.29 is 0 Å². The molecular formula is C25H56N6P2S2. The van der Waals surface area contributed by atoms with Crippen LogP contribution in [0.1, 0.15) is 111 Å². The standard InChI is InChI=1S/C25H56N6P2S2/c1-17(2)28(18(3)4)32(34,29(19(5)6)20(7)8)25-26-27-33(35-25,30(21(9)10)22(11)12)31(23(13)14)24(15)16/h17-24H,1-16H3. The Bertz CT molecular complexity index is 741. The SMILES string of the molecule is CC(C)N(C(C)C)P(=S)(C1=NN=P(N(C(C)C)C(C)C)(N(C(C)C)C(C)C)S1)N(C(C)C)C(C)C. The van der Waals surface area contributed by atoms with Gasteiger partial charge in [0, 0.05) is 48.3 Å². The quantitative estimate of drug-likeness (QED) is 0.208. The Hall–Kier alpha value is 0.740. The summed E-state index contributed by atoms with van der Waals surface area (Å²) in [6.07, 6.45) is -2.40. The van der Waals surface area contributed by atoms with E-state index in [1.54, 1.807) is 0 Å². The molecule has 0 saturated heterocycles. The predicted octanol–water partition coefficient (Wildman–Crippen LogP) is 8.74. The lowest BCUT2D eigenvalue weighted by molar-refractivity contribution is 0.258. The highest BCUT2D eigenvalue weighted by Crippen LogP contribution is 2.78. The van der Waals surface area contributed by atoms with Gasteiger partial charge in [-0.1, -0.05) is 11.8 Å². The third-order valence-electron chi connectivity index (χ3n) is 6.16. The zero-order chi connectivity index (χ0) is 27.6. The van der Waals surface area contributed by atoms with Crippen molar-refractivity contribution in [1.29, 1.82) is 0 Å². The first-order valence-electron chi connectivity index (χ1n) is 13.5. The Balaban J connectivity index is 3.95. The first-order chi connectivity index (χ1) is 15.9. The molecule has 0 atom stereocenters. The molecule has 1 aliphatic heterocycles. The molecule has 0 bridgehead atoms. The summed E-state index contributed by atoms with van der Waals surface area (Å²) >= 11 is 8.81. The van der Waals surface area contributed by atoms with Crippen LogP contribution in [0.4, 0.5) is 0 Å². The molecule has 0 radical (unpaired) electrons. The predicted molar refractivity (Wildman–Crippen MR) is 167 cm³/mol. The van der Waals surface area contributed by atoms with Gasteiger partial charge in [0.05, 0.1) is 0 Å². The topological polar surface area (TPSA) is 37.7 Å². The van der Waals surface area contributed by atoms with E-state index in [0.29, 0.717) is 48.3 Å². The zero-order valence-corrected chi connectivity index (χ0v) is 28.9. The minimum absolute atomic E-state index is 0.315. The van der Waals surface area contributed by atoms with Gasteiger partial charge in [-0.05, 0) is 122 Å². The van der Waals surface area contributed by atoms with Crippen LogP contribution in [0.15, 0.2) is 9.96 Å². The summed E-state index contributed by atoms with van der Waals surface area (Å²) in [4.78, 5) is 6.40. The second-order valence-corrected chi connectivity index (χ2v) is 20.9. The number of hydrogen-bond acceptors (Lipinski definition) is 6. The molecule has 0 amide bonds. The monoisotopic (exact) mass is 566 g/mol. The van der Waals surface area contributed by atoms with Gasteiger partial charge in [-0.3, -0.25) is 9.34 Å². The van der Waals surface area contributed by atoms with Crippen LogP contribution >= 0.6 is 24.3 Å². The van der Waals surface area contributed by atoms with Gasteiger partial charge in [0.15, 0.2) is 11.3 Å². The van der Waals surface area contributed by atoms with E-state index in [0.717, 1.165) is 4.78 Å². The molecule has 35 heavy (non-hydrogen) atoms. The zero-order valence-electron chi connectivity index (χ0n) is 25.5. The molecule has 0 aromatic heterocycles. The second-order valence-electron chi connectivity index (χ2n) is 11.9. The van der Waals surface area contributed by atoms with Crippen molar-refractivity contribution in [1.82, 2.24) is 18.7 Å². The van der Waals surface area contributed by atoms with Crippen molar-refractivity contribution in [3.63, 3.8) is 0 Å². The summed E-state index contributed by atoms with van der Waals surface area (Å²) in [5.74, 6) is 0. The third kappa shape index (κ3) is 6.85. The van der Waals surface area contributed by atoms with Gasteiger partial charge in [-0.15, -0.1) is 9.96 Å². The Morgan fingerprint density at radius 3 is 1.09 bits per heavy atom. The molecule has 0 saturated carbocycles. The number of rotatable bonds is 13. The summed E-state index contributed by atoms with van der Waals surface area (Å²) in [5.41, 5.74) is 0. The van der Waals surface area contributed by atoms with Gasteiger partial charge in [0.25, 0.3) is 0 Å². The molecule has 1 heterocycles. The van der Waals surface area contributed by atoms with Crippen molar-refractivity contribution >= 4 is 40.9 Å². The molecule has 0 fully saturated rings. The molecular weight excluding hydrogens is 510 g/mol. The average Bonchev–Trinajstić information content (AvgIpc) is 3.04. The smallest absolute Gasteiger partial charge is 0.187 e. The molecule has 1 aliphatic rings. The fraction of sp³-hybridized carbons (Fsp3) is 0.960. The largest absolute Gasteiger partial charge is 0.253 e. The van der Waals surface area contributed by atoms with Crippen LogP contribution in [0.5, 0.6) is 0 Å². The fourth-order valence-electron chi connectivity index (χ4n) is 5.82. The summed E-state index contributed by atoms with van der Waals surface area (Å²) < 4.78 is 10.4. The molecule has 208 valence electrons. The summed E-state index contributed by atoms with van der Waals surface area (Å²) in [7, 11) is 0. The van der Waals surface area contributed by atoms with E-state index in [1.807, 2.05) is 11.4 Å². The highest BCUT2D eigenvalue weighted by Gasteiger charge is 2.51. The molecule has 0 aromatic carbocycles. The first-order valence-corrected chi connectivity index (χ1v) is 19.3. The third-order valence-corrected chi connectivity index (χ3v) is 19.8. The molecule has 1 rings (SSSR count). The van der Waals surface area contributed by atoms with E-state index in [1.165, 1.54) is 0 Å². The van der Waals surface area contributed by atoms with Crippen LogP contribution in [0.2, 0.25) is 0 Å². The van der Waals surface area contributed by atoms with Crippen LogP contribution in [-0.4, -0.2) is 71.8 Å². The second kappa shape index (κ2) is 13.2. The Morgan fingerprint density at radius 1 is 0.571 bits per heavy atom. The van der Waals surface area contributed by atoms with Crippen LogP contribution in [0.25, 0.3) is 0 Å². The fourth-order valence-corrected chi connectivity index (χ4v) is 22.8. The molecule has 0 spiro atoms. The first kappa shape index (κ1) is 33.8. The van der Waals surface area contributed by atoms with Crippen LogP contribution in [0.3, 0.4) is 0 Å². The van der Waals surface area contributed by atoms with Crippen molar-refractivity contribution in [3.05, 3.63) is 0 Å². The van der Waals surface area contributed by atoms with Crippen molar-refractivity contribution in [2.24, 2.45) is 9.96 Å². The average molecular weight is 567 g/mol. The van der Waals surface area contributed by atoms with E-state index < -0.39 is 12.9 Å². The highest BCUT2D eigenvalue weighted by atomic mass is 32.7. The van der Waals surface area contributed by atoms with Gasteiger partial charge in [-0.25, -0.2) is 9.34 Å². The van der Waals surface area contributed by atoms with Gasteiger partial charge in [-0.2, -0.15) is 0 Å². The minimum Gasteiger partial charge on any atom is -0.253 e. The molecule has 0 unspecified atom stereocenters. The Labute approximate surface area is 228 Å². The molecule has 0 aromatic rings. The van der Waals surface area contributed by atoms with E-state index in [2.05, 4.69) is 129 Å². The molecule has 0 aliphatic carbocycles. The van der Waals surface area contributed by atoms with Crippen LogP contribution in [-0.2, 0) is 11.8 Å². The Kier molecular flexibility index (Phi) is 12.7. The van der Waals surface area contributed by atoms with Crippen molar-refractivity contribution in [2.75, 3.05) is 0 Å². The maximum Gasteiger partial charge on any atom is 0.187 e. The maximum atomic E-state index is 6.88. The molecule has 0 N–H and O–H groups in total. The lowest BCUT2D eigenvalue weighted by Crippen LogP contribution is -2.47. The Morgan fingerprint density at radius 2 is 0.857 bits per heavy atom. The molecule has 6 nitrogen and oxygen atoms in total. The minimum atomic E-state index is -2.40. The van der Waals surface area contributed by atoms with E-state index >= 15 is 0 Å². The van der Waals surface area contributed by atoms with E-state index in [9.17, 15) is 0 Å². The molecule has 10 heteroatoms. The normalized spacial score (nSPS) is 17.4. The van der Waals surface area contributed by atoms with E-state index in [-0.39, 0.29) is 0 Å². The highest BCUT2D eigenvalue weighted by molar-refractivity contribution is 8.70. The number of nitrogens with zero attached hydrogens (tertiary/aromatic N) is 6. The summed E-state index contributed by atoms with van der Waals surface area (Å²) in [6.45, 7) is 34.4. The maximum absolute atomic E-state index is 6.88. The van der Waals surface area contributed by atoms with Crippen molar-refractivity contribution in [2.45, 2.75) is 159 Å². The van der Waals surface area contributed by atoms with E-state index in [4.69, 9.17) is 21.8 Å². The van der Waals surface area contributed by atoms with Crippen LogP contribution < -0.4 is 0 Å². The number of hydrogen-bond donors (Lipinski definition) is 0. The summed E-state index contributed by atoms with van der Waals surface area (Å²) in [5, 5.41) is 5.14. The lowest BCUT2D eigenvalue weighted by Gasteiger charge is -2.51. The van der Waals surface area contributed by atoms with Gasteiger partial charge < -0.3 is 0 Å². The van der Waals surface area contributed by atoms with Gasteiger partial charge in [0.1, 0.15) is 6.34 Å². The summed E-state index contributed by atoms with van der Waals surface area (Å²) in [6, 6.07) is 2.67. The van der Waals surface area contributed by atoms with Crippen molar-refractivity contribution in [3.8, 4) is 0 Å². The van der Waals surface area contributed by atoms with Gasteiger partial charge >= 0.3 is 0 Å².